The van der Waals surface area contributed by atoms with E-state index in [0.29, 0.717) is 39.3 Å². The maximum Gasteiger partial charge on any atom is 0.249 e. The predicted octanol–water partition coefficient (Wildman–Crippen LogP) is 4.66. The summed E-state index contributed by atoms with van der Waals surface area (Å²) >= 11 is 0. The van der Waals surface area contributed by atoms with Gasteiger partial charge in [-0.2, -0.15) is 5.10 Å². The number of aromatic amines is 1. The summed E-state index contributed by atoms with van der Waals surface area (Å²) < 4.78 is 39.2. The molecule has 4 aromatic rings. The summed E-state index contributed by atoms with van der Waals surface area (Å²) in [6.45, 7) is 1.84. The highest BCUT2D eigenvalue weighted by Crippen LogP contribution is 2.38. The number of hydrogen-bond donors (Lipinski definition) is 2. The fraction of sp³-hybridized carbons (Fsp3) is 0.259. The highest BCUT2D eigenvalue weighted by atomic mass is 19.1. The Morgan fingerprint density at radius 2 is 1.86 bits per heavy atom. The van der Waals surface area contributed by atoms with Gasteiger partial charge in [0.1, 0.15) is 41.5 Å². The Bertz CT molecular complexity index is 1390. The molecule has 1 fully saturated rings. The molecule has 36 heavy (non-hydrogen) atoms. The molecule has 0 unspecified atom stereocenters. The highest BCUT2D eigenvalue weighted by Gasteiger charge is 2.24. The Kier molecular flexibility index (Phi) is 6.56. The molecule has 0 atom stereocenters. The lowest BCUT2D eigenvalue weighted by Gasteiger charge is -2.30. The molecule has 0 radical (unpaired) electrons. The van der Waals surface area contributed by atoms with E-state index in [-0.39, 0.29) is 12.7 Å². The van der Waals surface area contributed by atoms with Crippen LogP contribution in [0.1, 0.15) is 28.8 Å². The van der Waals surface area contributed by atoms with Crippen LogP contribution in [0.2, 0.25) is 0 Å². The molecule has 1 aliphatic heterocycles. The van der Waals surface area contributed by atoms with Crippen LogP contribution in [0.3, 0.4) is 0 Å². The summed E-state index contributed by atoms with van der Waals surface area (Å²) in [6.07, 6.45) is 1.76. The lowest BCUT2D eigenvalue weighted by Crippen LogP contribution is -2.35. The Labute approximate surface area is 206 Å². The first-order chi connectivity index (χ1) is 17.4. The van der Waals surface area contributed by atoms with Gasteiger partial charge in [-0.05, 0) is 67.9 Å². The van der Waals surface area contributed by atoms with Gasteiger partial charge in [0.2, 0.25) is 5.91 Å². The van der Waals surface area contributed by atoms with Gasteiger partial charge in [0.25, 0.3) is 0 Å². The highest BCUT2D eigenvalue weighted by molar-refractivity contribution is 6.05. The van der Waals surface area contributed by atoms with E-state index in [4.69, 9.17) is 15.2 Å². The van der Waals surface area contributed by atoms with Gasteiger partial charge in [-0.3, -0.25) is 9.89 Å². The Morgan fingerprint density at radius 1 is 1.11 bits per heavy atom. The number of primary amides is 1. The van der Waals surface area contributed by atoms with Gasteiger partial charge in [0.15, 0.2) is 0 Å². The first-order valence-corrected chi connectivity index (χ1v) is 11.7. The number of likely N-dealkylation sites (tertiary alicyclic amines) is 1. The van der Waals surface area contributed by atoms with Crippen molar-refractivity contribution < 1.29 is 23.0 Å². The largest absolute Gasteiger partial charge is 0.490 e. The van der Waals surface area contributed by atoms with Crippen LogP contribution in [0.4, 0.5) is 8.78 Å². The number of nitrogens with two attached hydrogens (primary N) is 1. The van der Waals surface area contributed by atoms with Gasteiger partial charge in [0.05, 0.1) is 16.6 Å². The molecule has 186 valence electrons. The Morgan fingerprint density at radius 3 is 2.58 bits per heavy atom. The van der Waals surface area contributed by atoms with Crippen LogP contribution in [0.15, 0.2) is 54.6 Å². The van der Waals surface area contributed by atoms with E-state index in [1.165, 1.54) is 12.1 Å². The van der Waals surface area contributed by atoms with Crippen LogP contribution >= 0.6 is 0 Å². The third kappa shape index (κ3) is 5.01. The number of benzene rings is 3. The molecule has 1 aromatic heterocycles. The van der Waals surface area contributed by atoms with Crippen molar-refractivity contribution in [1.82, 2.24) is 15.1 Å². The molecule has 1 aliphatic rings. The average molecular weight is 493 g/mol. The predicted molar refractivity (Wildman–Crippen MR) is 132 cm³/mol. The third-order valence-electron chi connectivity index (χ3n) is 6.35. The van der Waals surface area contributed by atoms with E-state index < -0.39 is 17.5 Å². The van der Waals surface area contributed by atoms with Gasteiger partial charge < -0.3 is 20.1 Å². The minimum absolute atomic E-state index is 0.0128. The number of carbonyl (C=O) groups is 1. The van der Waals surface area contributed by atoms with Crippen molar-refractivity contribution in [3.8, 4) is 22.8 Å². The molecule has 1 saturated heterocycles. The van der Waals surface area contributed by atoms with Crippen LogP contribution < -0.4 is 15.2 Å². The number of hydrogen-bond acceptors (Lipinski definition) is 5. The number of nitrogens with one attached hydrogen (secondary N) is 1. The lowest BCUT2D eigenvalue weighted by atomic mass is 9.99. The molecule has 0 spiro atoms. The normalized spacial score (nSPS) is 14.8. The molecule has 0 aliphatic carbocycles. The maximum absolute atomic E-state index is 13.5. The molecular formula is C27H26F2N4O3. The first kappa shape index (κ1) is 23.7. The summed E-state index contributed by atoms with van der Waals surface area (Å²) in [4.78, 5) is 14.6. The van der Waals surface area contributed by atoms with Gasteiger partial charge in [-0.25, -0.2) is 8.78 Å². The van der Waals surface area contributed by atoms with Crippen LogP contribution in [-0.4, -0.2) is 47.2 Å². The maximum atomic E-state index is 13.5. The van der Waals surface area contributed by atoms with Crippen molar-refractivity contribution in [2.45, 2.75) is 25.6 Å². The van der Waals surface area contributed by atoms with E-state index in [2.05, 4.69) is 22.1 Å². The molecule has 2 heterocycles. The number of amides is 1. The molecule has 9 heteroatoms. The zero-order valence-electron chi connectivity index (χ0n) is 19.8. The Balaban J connectivity index is 1.49. The summed E-state index contributed by atoms with van der Waals surface area (Å²) in [5.74, 6) is -0.904. The number of piperidine rings is 1. The fourth-order valence-corrected chi connectivity index (χ4v) is 4.50. The van der Waals surface area contributed by atoms with E-state index in [1.807, 2.05) is 6.07 Å². The number of nitrogens with zero attached hydrogens (tertiary/aromatic N) is 2. The van der Waals surface area contributed by atoms with E-state index >= 15 is 0 Å². The summed E-state index contributed by atoms with van der Waals surface area (Å²) in [5, 5.41) is 8.16. The second-order valence-electron chi connectivity index (χ2n) is 9.01. The molecular weight excluding hydrogens is 466 g/mol. The number of H-pyrrole nitrogens is 1. The van der Waals surface area contributed by atoms with Crippen molar-refractivity contribution in [1.29, 1.82) is 0 Å². The topological polar surface area (TPSA) is 93.5 Å². The van der Waals surface area contributed by atoms with Crippen LogP contribution in [0, 0.1) is 11.6 Å². The molecule has 1 amide bonds. The number of rotatable bonds is 7. The van der Waals surface area contributed by atoms with Gasteiger partial charge in [-0.1, -0.05) is 6.07 Å². The van der Waals surface area contributed by atoms with Gasteiger partial charge in [0, 0.05) is 24.5 Å². The first-order valence-electron chi connectivity index (χ1n) is 11.7. The van der Waals surface area contributed by atoms with Crippen molar-refractivity contribution in [2.75, 3.05) is 20.1 Å². The monoisotopic (exact) mass is 492 g/mol. The zero-order valence-corrected chi connectivity index (χ0v) is 19.8. The average Bonchev–Trinajstić information content (AvgIpc) is 3.26. The molecule has 0 saturated carbocycles. The minimum atomic E-state index is -0.665. The summed E-state index contributed by atoms with van der Waals surface area (Å²) in [6, 6.07) is 13.8. The lowest BCUT2D eigenvalue weighted by molar-refractivity contribution is 0.0997. The van der Waals surface area contributed by atoms with E-state index in [0.717, 1.165) is 37.5 Å². The standard InChI is InChI=1S/C27H26F2N4O3/c1-33-9-7-19(8-10-33)36-24-4-2-3-21(27(30)34)25(24)26-22-14-20(5-6-23(22)31-32-26)35-15-16-11-17(28)13-18(29)12-16/h2-6,11-14,19H,7-10,15H2,1H3,(H2,30,34)(H,31,32). The van der Waals surface area contributed by atoms with Crippen LogP contribution in [-0.2, 0) is 6.61 Å². The second kappa shape index (κ2) is 9.94. The van der Waals surface area contributed by atoms with Crippen LogP contribution in [0.5, 0.6) is 11.5 Å². The van der Waals surface area contributed by atoms with Crippen molar-refractivity contribution in [3.05, 3.63) is 77.4 Å². The van der Waals surface area contributed by atoms with Crippen molar-refractivity contribution >= 4 is 16.8 Å². The van der Waals surface area contributed by atoms with Gasteiger partial charge in [-0.15, -0.1) is 0 Å². The smallest absolute Gasteiger partial charge is 0.249 e. The van der Waals surface area contributed by atoms with Crippen molar-refractivity contribution in [2.24, 2.45) is 5.73 Å². The van der Waals surface area contributed by atoms with Crippen molar-refractivity contribution in [3.63, 3.8) is 0 Å². The number of ether oxygens (including phenoxy) is 2. The Hall–Kier alpha value is -3.98. The van der Waals surface area contributed by atoms with Crippen LogP contribution in [0.25, 0.3) is 22.2 Å². The summed E-state index contributed by atoms with van der Waals surface area (Å²) in [5.41, 5.74) is 8.13. The fourth-order valence-electron chi connectivity index (χ4n) is 4.50. The third-order valence-corrected chi connectivity index (χ3v) is 6.35. The molecule has 5 rings (SSSR count). The number of fused-ring (bicyclic) bond motifs is 1. The quantitative estimate of drug-likeness (QED) is 0.392. The second-order valence-corrected chi connectivity index (χ2v) is 9.01. The van der Waals surface area contributed by atoms with E-state index in [1.54, 1.807) is 30.3 Å². The number of aromatic nitrogens is 2. The molecule has 3 N–H and O–H groups in total. The van der Waals surface area contributed by atoms with Gasteiger partial charge >= 0.3 is 0 Å². The number of halogens is 2. The molecule has 7 nitrogen and oxygen atoms in total. The van der Waals surface area contributed by atoms with E-state index in [9.17, 15) is 13.6 Å². The number of carbonyl (C=O) groups excluding carboxylic acids is 1. The molecule has 3 aromatic carbocycles. The summed E-state index contributed by atoms with van der Waals surface area (Å²) in [7, 11) is 2.08. The molecule has 0 bridgehead atoms. The zero-order chi connectivity index (χ0) is 25.2. The minimum Gasteiger partial charge on any atom is -0.490 e. The SMILES string of the molecule is CN1CCC(Oc2cccc(C(N)=O)c2-c2n[nH]c3ccc(OCc4cc(F)cc(F)c4)cc23)CC1.